The summed E-state index contributed by atoms with van der Waals surface area (Å²) in [6.07, 6.45) is 4.95. The number of oxime groups is 1. The van der Waals surface area contributed by atoms with E-state index in [0.29, 0.717) is 11.6 Å². The number of nitrogens with two attached hydrogens (primary N) is 1. The van der Waals surface area contributed by atoms with Gasteiger partial charge in [0, 0.05) is 23.1 Å². The van der Waals surface area contributed by atoms with Crippen molar-refractivity contribution in [3.8, 4) is 5.82 Å². The van der Waals surface area contributed by atoms with Gasteiger partial charge in [0.1, 0.15) is 5.82 Å². The molecule has 0 unspecified atom stereocenters. The Morgan fingerprint density at radius 2 is 2.29 bits per heavy atom. The summed E-state index contributed by atoms with van der Waals surface area (Å²) < 4.78 is 2.56. The van der Waals surface area contributed by atoms with E-state index >= 15 is 0 Å². The molecule has 0 amide bonds. The van der Waals surface area contributed by atoms with Crippen LogP contribution in [0.15, 0.2) is 34.3 Å². The van der Waals surface area contributed by atoms with Gasteiger partial charge in [0.2, 0.25) is 5.84 Å². The molecule has 0 fully saturated rings. The molecule has 0 saturated heterocycles. The smallest absolute Gasteiger partial charge is 0.206 e. The maximum atomic E-state index is 8.67. The normalized spacial score (nSPS) is 11.8. The molecule has 6 nitrogen and oxygen atoms in total. The second-order valence-corrected chi connectivity index (χ2v) is 4.32. The van der Waals surface area contributed by atoms with Gasteiger partial charge in [-0.2, -0.15) is 0 Å². The second kappa shape index (κ2) is 4.54. The Bertz CT molecular complexity index is 578. The molecule has 88 valence electrons. The fourth-order valence-corrected chi connectivity index (χ4v) is 1.94. The summed E-state index contributed by atoms with van der Waals surface area (Å²) in [5.41, 5.74) is 6.48. The SMILES string of the molecule is Cc1cc(Br)cnc1-n1ccnc1C(N)=NO. The second-order valence-electron chi connectivity index (χ2n) is 3.40. The summed E-state index contributed by atoms with van der Waals surface area (Å²) >= 11 is 3.34. The number of hydrogen-bond acceptors (Lipinski definition) is 4. The predicted octanol–water partition coefficient (Wildman–Crippen LogP) is 1.43. The lowest BCUT2D eigenvalue weighted by Gasteiger charge is -2.08. The number of hydrogen-bond donors (Lipinski definition) is 2. The summed E-state index contributed by atoms with van der Waals surface area (Å²) in [6.45, 7) is 1.92. The van der Waals surface area contributed by atoms with Gasteiger partial charge in [0.15, 0.2) is 5.82 Å². The lowest BCUT2D eigenvalue weighted by Crippen LogP contribution is -2.19. The maximum Gasteiger partial charge on any atom is 0.206 e. The van der Waals surface area contributed by atoms with Crippen molar-refractivity contribution in [1.82, 2.24) is 14.5 Å². The van der Waals surface area contributed by atoms with Crippen LogP contribution in [0, 0.1) is 6.92 Å². The molecule has 0 saturated carbocycles. The number of pyridine rings is 1. The molecule has 3 N–H and O–H groups in total. The highest BCUT2D eigenvalue weighted by atomic mass is 79.9. The van der Waals surface area contributed by atoms with E-state index in [4.69, 9.17) is 10.9 Å². The highest BCUT2D eigenvalue weighted by Gasteiger charge is 2.12. The van der Waals surface area contributed by atoms with Gasteiger partial charge in [-0.3, -0.25) is 4.57 Å². The summed E-state index contributed by atoms with van der Waals surface area (Å²) in [4.78, 5) is 8.30. The lowest BCUT2D eigenvalue weighted by atomic mass is 10.3. The van der Waals surface area contributed by atoms with Crippen LogP contribution in [0.25, 0.3) is 5.82 Å². The molecule has 2 heterocycles. The van der Waals surface area contributed by atoms with Gasteiger partial charge in [-0.1, -0.05) is 5.16 Å². The summed E-state index contributed by atoms with van der Waals surface area (Å²) in [7, 11) is 0. The first kappa shape index (κ1) is 11.6. The van der Waals surface area contributed by atoms with Crippen LogP contribution in [0.4, 0.5) is 0 Å². The molecule has 0 atom stereocenters. The Kier molecular flexibility index (Phi) is 3.10. The van der Waals surface area contributed by atoms with Crippen LogP contribution in [0.5, 0.6) is 0 Å². The number of aryl methyl sites for hydroxylation is 1. The summed E-state index contributed by atoms with van der Waals surface area (Å²) in [6, 6.07) is 1.93. The first-order valence-electron chi connectivity index (χ1n) is 4.77. The highest BCUT2D eigenvalue weighted by molar-refractivity contribution is 9.10. The van der Waals surface area contributed by atoms with Crippen molar-refractivity contribution in [2.75, 3.05) is 0 Å². The van der Waals surface area contributed by atoms with Gasteiger partial charge in [-0.15, -0.1) is 0 Å². The Labute approximate surface area is 106 Å². The Hall–Kier alpha value is -1.89. The fourth-order valence-electron chi connectivity index (χ4n) is 1.49. The minimum absolute atomic E-state index is 0.0564. The van der Waals surface area contributed by atoms with Crippen molar-refractivity contribution < 1.29 is 5.21 Å². The molecule has 17 heavy (non-hydrogen) atoms. The monoisotopic (exact) mass is 295 g/mol. The van der Waals surface area contributed by atoms with E-state index in [1.807, 2.05) is 13.0 Å². The molecule has 2 aromatic heterocycles. The number of nitrogens with zero attached hydrogens (tertiary/aromatic N) is 4. The molecule has 2 rings (SSSR count). The van der Waals surface area contributed by atoms with E-state index in [1.54, 1.807) is 23.2 Å². The zero-order chi connectivity index (χ0) is 12.4. The van der Waals surface area contributed by atoms with Crippen LogP contribution in [-0.4, -0.2) is 25.6 Å². The first-order chi connectivity index (χ1) is 8.13. The van der Waals surface area contributed by atoms with Gasteiger partial charge in [-0.05, 0) is 34.5 Å². The Morgan fingerprint density at radius 3 is 2.94 bits per heavy atom. The Morgan fingerprint density at radius 1 is 1.53 bits per heavy atom. The van der Waals surface area contributed by atoms with Gasteiger partial charge in [-0.25, -0.2) is 9.97 Å². The summed E-state index contributed by atoms with van der Waals surface area (Å²) in [5.74, 6) is 0.983. The van der Waals surface area contributed by atoms with Crippen LogP contribution in [0.3, 0.4) is 0 Å². The van der Waals surface area contributed by atoms with Crippen molar-refractivity contribution in [3.05, 3.63) is 40.5 Å². The van der Waals surface area contributed by atoms with E-state index < -0.39 is 0 Å². The van der Waals surface area contributed by atoms with E-state index in [0.717, 1.165) is 10.0 Å². The third-order valence-corrected chi connectivity index (χ3v) is 2.66. The van der Waals surface area contributed by atoms with Gasteiger partial charge in [0.05, 0.1) is 0 Å². The molecule has 2 aromatic rings. The van der Waals surface area contributed by atoms with E-state index in [1.165, 1.54) is 0 Å². The number of aromatic nitrogens is 3. The van der Waals surface area contributed by atoms with Crippen LogP contribution in [-0.2, 0) is 0 Å². The molecule has 0 aliphatic carbocycles. The third-order valence-electron chi connectivity index (χ3n) is 2.22. The van der Waals surface area contributed by atoms with Crippen molar-refractivity contribution in [3.63, 3.8) is 0 Å². The van der Waals surface area contributed by atoms with Gasteiger partial charge >= 0.3 is 0 Å². The lowest BCUT2D eigenvalue weighted by molar-refractivity contribution is 0.318. The van der Waals surface area contributed by atoms with Crippen molar-refractivity contribution in [2.24, 2.45) is 10.9 Å². The van der Waals surface area contributed by atoms with Gasteiger partial charge < -0.3 is 10.9 Å². The van der Waals surface area contributed by atoms with Crippen LogP contribution in [0.1, 0.15) is 11.4 Å². The van der Waals surface area contributed by atoms with Crippen molar-refractivity contribution in [1.29, 1.82) is 0 Å². The Balaban J connectivity index is 2.58. The van der Waals surface area contributed by atoms with Crippen LogP contribution < -0.4 is 5.73 Å². The zero-order valence-corrected chi connectivity index (χ0v) is 10.6. The minimum Gasteiger partial charge on any atom is -0.409 e. The maximum absolute atomic E-state index is 8.67. The third kappa shape index (κ3) is 2.14. The molecular formula is C10H10BrN5O. The minimum atomic E-state index is -0.0564. The molecule has 0 radical (unpaired) electrons. The molecular weight excluding hydrogens is 286 g/mol. The molecule has 0 bridgehead atoms. The van der Waals surface area contributed by atoms with E-state index in [2.05, 4.69) is 31.1 Å². The predicted molar refractivity (Wildman–Crippen MR) is 66.3 cm³/mol. The van der Waals surface area contributed by atoms with Crippen molar-refractivity contribution in [2.45, 2.75) is 6.92 Å². The number of rotatable bonds is 2. The largest absolute Gasteiger partial charge is 0.409 e. The number of halogens is 1. The molecule has 0 aromatic carbocycles. The van der Waals surface area contributed by atoms with Crippen molar-refractivity contribution >= 4 is 21.8 Å². The topological polar surface area (TPSA) is 89.3 Å². The molecule has 0 aliphatic rings. The van der Waals surface area contributed by atoms with E-state index in [-0.39, 0.29) is 5.84 Å². The fraction of sp³-hybridized carbons (Fsp3) is 0.100. The van der Waals surface area contributed by atoms with Gasteiger partial charge in [0.25, 0.3) is 0 Å². The standard InChI is InChI=1S/C10H10BrN5O/c1-6-4-7(11)5-14-9(6)16-3-2-13-10(16)8(12)15-17/h2-5,17H,1H3,(H2,12,15). The summed E-state index contributed by atoms with van der Waals surface area (Å²) in [5, 5.41) is 11.6. The number of amidine groups is 1. The van der Waals surface area contributed by atoms with E-state index in [9.17, 15) is 0 Å². The zero-order valence-electron chi connectivity index (χ0n) is 9.00. The molecule has 7 heteroatoms. The average molecular weight is 296 g/mol. The average Bonchev–Trinajstić information content (AvgIpc) is 2.77. The first-order valence-corrected chi connectivity index (χ1v) is 5.56. The quantitative estimate of drug-likeness (QED) is 0.380. The van der Waals surface area contributed by atoms with Crippen LogP contribution in [0.2, 0.25) is 0 Å². The highest BCUT2D eigenvalue weighted by Crippen LogP contribution is 2.17. The number of imidazole rings is 1. The molecule has 0 aliphatic heterocycles. The van der Waals surface area contributed by atoms with Crippen LogP contribution >= 0.6 is 15.9 Å². The molecule has 0 spiro atoms.